The lowest BCUT2D eigenvalue weighted by molar-refractivity contribution is -0.00549. The Bertz CT molecular complexity index is 1330. The molecule has 0 spiro atoms. The first-order valence-corrected chi connectivity index (χ1v) is 28.4. The highest BCUT2D eigenvalue weighted by Gasteiger charge is 2.60. The van der Waals surface area contributed by atoms with E-state index in [9.17, 15) is 0 Å². The minimum atomic E-state index is 0.940. The van der Waals surface area contributed by atoms with Gasteiger partial charge in [-0.2, -0.15) is 11.8 Å². The second-order valence-corrected chi connectivity index (χ2v) is 25.9. The van der Waals surface area contributed by atoms with Crippen molar-refractivity contribution in [2.24, 2.45) is 71.0 Å². The van der Waals surface area contributed by atoms with Crippen LogP contribution in [0.1, 0.15) is 218 Å². The van der Waals surface area contributed by atoms with E-state index >= 15 is 0 Å². The molecule has 17 unspecified atom stereocenters. The molecule has 2 nitrogen and oxygen atoms in total. The molecule has 12 fully saturated rings. The van der Waals surface area contributed by atoms with Crippen LogP contribution in [0.2, 0.25) is 0 Å². The Kier molecular flexibility index (Phi) is 11.4. The van der Waals surface area contributed by atoms with Crippen LogP contribution in [0.4, 0.5) is 0 Å². The van der Waals surface area contributed by atoms with Gasteiger partial charge in [0.05, 0.1) is 0 Å². The van der Waals surface area contributed by atoms with Crippen molar-refractivity contribution in [1.29, 1.82) is 0 Å². The average molecular weight is 797 g/mol. The Balaban J connectivity index is 0.761. The zero-order valence-corrected chi connectivity index (χ0v) is 37.7. The maximum atomic E-state index is 3.45. The monoisotopic (exact) mass is 797 g/mol. The van der Waals surface area contributed by atoms with Gasteiger partial charge in [0, 0.05) is 46.8 Å². The SMILES string of the molecule is C1CCC(C2CC(C3CCCCC3)CC(N3C4CCCCC4C4CC(C5CCC6C(C5)C5CCCCC5N6C5CCCC6C7CCCCC7SC65)CCC43)C2)CC1. The van der Waals surface area contributed by atoms with E-state index in [2.05, 4.69) is 21.6 Å². The van der Waals surface area contributed by atoms with E-state index in [-0.39, 0.29) is 0 Å². The number of thioether (sulfide) groups is 1. The second kappa shape index (κ2) is 16.8. The van der Waals surface area contributed by atoms with Crippen molar-refractivity contribution in [3.8, 4) is 0 Å². The molecule has 9 saturated carbocycles. The summed E-state index contributed by atoms with van der Waals surface area (Å²) in [6.45, 7) is 0. The molecule has 3 heterocycles. The van der Waals surface area contributed by atoms with Crippen LogP contribution in [0.15, 0.2) is 0 Å². The molecule has 17 atom stereocenters. The van der Waals surface area contributed by atoms with Gasteiger partial charge in [0.1, 0.15) is 0 Å². The van der Waals surface area contributed by atoms with Crippen molar-refractivity contribution in [2.45, 2.75) is 265 Å². The van der Waals surface area contributed by atoms with E-state index in [1.54, 1.807) is 193 Å². The van der Waals surface area contributed by atoms with Crippen LogP contribution in [0.25, 0.3) is 0 Å². The van der Waals surface area contributed by atoms with Crippen molar-refractivity contribution in [1.82, 2.24) is 9.80 Å². The van der Waals surface area contributed by atoms with E-state index in [0.29, 0.717) is 0 Å². The number of rotatable bonds is 5. The fraction of sp³-hybridized carbons (Fsp3) is 1.00. The van der Waals surface area contributed by atoms with Gasteiger partial charge in [-0.1, -0.05) is 109 Å². The summed E-state index contributed by atoms with van der Waals surface area (Å²) >= 11 is 2.57. The van der Waals surface area contributed by atoms with E-state index in [0.717, 1.165) is 118 Å². The van der Waals surface area contributed by atoms with Crippen molar-refractivity contribution in [3.05, 3.63) is 0 Å². The maximum Gasteiger partial charge on any atom is 0.0237 e. The molecule has 12 rings (SSSR count). The van der Waals surface area contributed by atoms with Gasteiger partial charge in [-0.3, -0.25) is 9.80 Å². The van der Waals surface area contributed by atoms with Crippen molar-refractivity contribution < 1.29 is 0 Å². The van der Waals surface area contributed by atoms with Gasteiger partial charge in [0.2, 0.25) is 0 Å². The second-order valence-electron chi connectivity index (χ2n) is 24.5. The molecule has 57 heavy (non-hydrogen) atoms. The normalized spacial score (nSPS) is 52.6. The van der Waals surface area contributed by atoms with Crippen LogP contribution < -0.4 is 0 Å². The first-order valence-electron chi connectivity index (χ1n) is 27.5. The first kappa shape index (κ1) is 38.9. The van der Waals surface area contributed by atoms with Crippen LogP contribution >= 0.6 is 11.8 Å². The summed E-state index contributed by atoms with van der Waals surface area (Å²) < 4.78 is 0. The molecular weight excluding hydrogens is 709 g/mol. The van der Waals surface area contributed by atoms with Gasteiger partial charge in [0.15, 0.2) is 0 Å². The third kappa shape index (κ3) is 7.05. The molecule has 9 aliphatic carbocycles. The Labute approximate surface area is 356 Å². The highest BCUT2D eigenvalue weighted by molar-refractivity contribution is 8.00. The van der Waals surface area contributed by atoms with Crippen LogP contribution in [0.3, 0.4) is 0 Å². The molecule has 12 aliphatic rings. The van der Waals surface area contributed by atoms with E-state index < -0.39 is 0 Å². The molecule has 320 valence electrons. The fourth-order valence-corrected chi connectivity index (χ4v) is 22.5. The van der Waals surface area contributed by atoms with Gasteiger partial charge in [0.25, 0.3) is 0 Å². The number of fused-ring (bicyclic) bond motifs is 9. The molecule has 0 bridgehead atoms. The van der Waals surface area contributed by atoms with Crippen LogP contribution in [0, 0.1) is 71.0 Å². The highest BCUT2D eigenvalue weighted by Crippen LogP contribution is 2.61. The lowest BCUT2D eigenvalue weighted by Gasteiger charge is -2.50. The predicted octanol–water partition coefficient (Wildman–Crippen LogP) is 14.1. The molecule has 3 aliphatic heterocycles. The van der Waals surface area contributed by atoms with E-state index in [4.69, 9.17) is 0 Å². The summed E-state index contributed by atoms with van der Waals surface area (Å²) in [4.78, 5) is 6.86. The summed E-state index contributed by atoms with van der Waals surface area (Å²) in [5, 5.41) is 2.03. The molecule has 0 amide bonds. The molecule has 3 heteroatoms. The molecule has 0 aromatic carbocycles. The summed E-state index contributed by atoms with van der Waals surface area (Å²) in [5.41, 5.74) is 0. The predicted molar refractivity (Wildman–Crippen MR) is 240 cm³/mol. The molecule has 0 aromatic heterocycles. The Morgan fingerprint density at radius 3 is 1.37 bits per heavy atom. The smallest absolute Gasteiger partial charge is 0.0237 e. The van der Waals surface area contributed by atoms with Gasteiger partial charge >= 0.3 is 0 Å². The van der Waals surface area contributed by atoms with Gasteiger partial charge in [-0.15, -0.1) is 0 Å². The maximum absolute atomic E-state index is 3.45. The van der Waals surface area contributed by atoms with Crippen LogP contribution in [-0.4, -0.2) is 56.6 Å². The first-order chi connectivity index (χ1) is 28.3. The number of nitrogens with zero attached hydrogens (tertiary/aromatic N) is 2. The quantitative estimate of drug-likeness (QED) is 0.274. The summed E-state index contributed by atoms with van der Waals surface area (Å²) in [5.74, 6) is 12.8. The third-order valence-corrected chi connectivity index (χ3v) is 24.2. The standard InChI is InChI=1S/C54H88N2S/c1-3-14-35(15-4-1)39-30-40(36-16-5-2-6-17-36)32-41(31-39)55-48-22-10-7-18-42(48)46-33-37(26-28-50(46)55)38-27-29-51-47(34-38)43-19-8-11-23-49(43)56(51)52-24-13-21-45-44-20-9-12-25-53(44)57-54(45)52/h35-54H,1-34H2. The van der Waals surface area contributed by atoms with Crippen molar-refractivity contribution >= 4 is 11.8 Å². The molecule has 0 radical (unpaired) electrons. The van der Waals surface area contributed by atoms with Gasteiger partial charge in [-0.05, 0) is 180 Å². The van der Waals surface area contributed by atoms with Crippen molar-refractivity contribution in [3.63, 3.8) is 0 Å². The lowest BCUT2D eigenvalue weighted by atomic mass is 9.62. The summed E-state index contributed by atoms with van der Waals surface area (Å²) in [6.07, 6.45) is 53.5. The minimum absolute atomic E-state index is 0.940. The topological polar surface area (TPSA) is 6.48 Å². The number of hydrogen-bond acceptors (Lipinski definition) is 3. The minimum Gasteiger partial charge on any atom is -0.294 e. The molecule has 0 N–H and O–H groups in total. The van der Waals surface area contributed by atoms with Gasteiger partial charge < -0.3 is 0 Å². The number of hydrogen-bond donors (Lipinski definition) is 0. The Morgan fingerprint density at radius 1 is 0.263 bits per heavy atom. The zero-order valence-electron chi connectivity index (χ0n) is 36.9. The Morgan fingerprint density at radius 2 is 0.737 bits per heavy atom. The lowest BCUT2D eigenvalue weighted by Crippen LogP contribution is -2.54. The largest absolute Gasteiger partial charge is 0.294 e. The summed E-state index contributed by atoms with van der Waals surface area (Å²) in [6, 6.07) is 5.74. The van der Waals surface area contributed by atoms with Crippen LogP contribution in [0.5, 0.6) is 0 Å². The molecule has 0 aromatic rings. The third-order valence-electron chi connectivity index (χ3n) is 22.3. The van der Waals surface area contributed by atoms with Crippen LogP contribution in [-0.2, 0) is 0 Å². The van der Waals surface area contributed by atoms with Gasteiger partial charge in [-0.25, -0.2) is 0 Å². The Hall–Kier alpha value is 0.270. The number of likely N-dealkylation sites (tertiary alicyclic amines) is 2. The summed E-state index contributed by atoms with van der Waals surface area (Å²) in [7, 11) is 0. The molecular formula is C54H88N2S. The van der Waals surface area contributed by atoms with E-state index in [1.807, 2.05) is 0 Å². The fourth-order valence-electron chi connectivity index (χ4n) is 20.2. The highest BCUT2D eigenvalue weighted by atomic mass is 32.2. The van der Waals surface area contributed by atoms with Crippen molar-refractivity contribution in [2.75, 3.05) is 0 Å². The van der Waals surface area contributed by atoms with E-state index in [1.165, 1.54) is 25.7 Å². The molecule has 3 saturated heterocycles. The zero-order chi connectivity index (χ0) is 37.5. The average Bonchev–Trinajstić information content (AvgIpc) is 3.94.